The van der Waals surface area contributed by atoms with Gasteiger partial charge in [0.25, 0.3) is 0 Å². The molecule has 0 saturated heterocycles. The predicted octanol–water partition coefficient (Wildman–Crippen LogP) is 4.93. The summed E-state index contributed by atoms with van der Waals surface area (Å²) < 4.78 is 1.86. The standard InChI is InChI=1S/C13H9Br2NOS/c14-11-5-3-9(8-12(11)15)16-13(17)6-4-10-2-1-7-18-10/h1-8H,(H,16,17). The van der Waals surface area contributed by atoms with E-state index in [0.717, 1.165) is 19.5 Å². The molecule has 5 heteroatoms. The van der Waals surface area contributed by atoms with Crippen LogP contribution in [0.4, 0.5) is 5.69 Å². The minimum absolute atomic E-state index is 0.141. The molecule has 0 saturated carbocycles. The molecule has 1 aromatic heterocycles. The molecule has 1 aromatic carbocycles. The molecule has 0 spiro atoms. The largest absolute Gasteiger partial charge is 0.322 e. The van der Waals surface area contributed by atoms with E-state index in [4.69, 9.17) is 0 Å². The van der Waals surface area contributed by atoms with E-state index in [9.17, 15) is 4.79 Å². The van der Waals surface area contributed by atoms with Gasteiger partial charge in [-0.25, -0.2) is 0 Å². The summed E-state index contributed by atoms with van der Waals surface area (Å²) in [6.07, 6.45) is 3.33. The third-order valence-corrected chi connectivity index (χ3v) is 4.85. The molecule has 1 amide bonds. The van der Waals surface area contributed by atoms with Gasteiger partial charge in [-0.2, -0.15) is 0 Å². The Kier molecular flexibility index (Phi) is 4.74. The molecule has 1 heterocycles. The summed E-state index contributed by atoms with van der Waals surface area (Å²) in [5.41, 5.74) is 0.755. The minimum atomic E-state index is -0.141. The van der Waals surface area contributed by atoms with Gasteiger partial charge in [0.15, 0.2) is 0 Å². The van der Waals surface area contributed by atoms with Gasteiger partial charge in [0.2, 0.25) is 5.91 Å². The Hall–Kier alpha value is -0.910. The molecular weight excluding hydrogens is 378 g/mol. The Balaban J connectivity index is 2.01. The van der Waals surface area contributed by atoms with Crippen LogP contribution < -0.4 is 5.32 Å². The molecule has 2 nitrogen and oxygen atoms in total. The van der Waals surface area contributed by atoms with E-state index in [0.29, 0.717) is 0 Å². The molecular formula is C13H9Br2NOS. The number of nitrogens with one attached hydrogen (secondary N) is 1. The van der Waals surface area contributed by atoms with Crippen LogP contribution in [0.3, 0.4) is 0 Å². The Bertz CT molecular complexity index is 579. The lowest BCUT2D eigenvalue weighted by atomic mass is 10.3. The lowest BCUT2D eigenvalue weighted by Crippen LogP contribution is -2.07. The number of rotatable bonds is 3. The average Bonchev–Trinajstić information content (AvgIpc) is 2.84. The molecule has 92 valence electrons. The van der Waals surface area contributed by atoms with E-state index >= 15 is 0 Å². The quantitative estimate of drug-likeness (QED) is 0.744. The third kappa shape index (κ3) is 3.80. The van der Waals surface area contributed by atoms with Crippen LogP contribution in [0.15, 0.2) is 50.7 Å². The summed E-state index contributed by atoms with van der Waals surface area (Å²) in [7, 11) is 0. The Morgan fingerprint density at radius 1 is 1.22 bits per heavy atom. The number of halogens is 2. The predicted molar refractivity (Wildman–Crippen MR) is 83.8 cm³/mol. The summed E-state index contributed by atoms with van der Waals surface area (Å²) in [4.78, 5) is 12.7. The van der Waals surface area contributed by atoms with Gasteiger partial charge >= 0.3 is 0 Å². The van der Waals surface area contributed by atoms with Gasteiger partial charge in [0.1, 0.15) is 0 Å². The van der Waals surface area contributed by atoms with E-state index in [1.165, 1.54) is 6.08 Å². The molecule has 2 rings (SSSR count). The summed E-state index contributed by atoms with van der Waals surface area (Å²) in [5.74, 6) is -0.141. The number of hydrogen-bond donors (Lipinski definition) is 1. The summed E-state index contributed by atoms with van der Waals surface area (Å²) >= 11 is 8.37. The van der Waals surface area contributed by atoms with Crippen LogP contribution in [-0.2, 0) is 4.79 Å². The maximum absolute atomic E-state index is 11.7. The molecule has 18 heavy (non-hydrogen) atoms. The molecule has 2 aromatic rings. The first-order chi connectivity index (χ1) is 8.65. The topological polar surface area (TPSA) is 29.1 Å². The summed E-state index contributed by atoms with van der Waals surface area (Å²) in [6.45, 7) is 0. The average molecular weight is 387 g/mol. The first kappa shape index (κ1) is 13.5. The van der Waals surface area contributed by atoms with Crippen LogP contribution in [0, 0.1) is 0 Å². The Morgan fingerprint density at radius 2 is 2.06 bits per heavy atom. The number of benzene rings is 1. The molecule has 0 atom stereocenters. The van der Waals surface area contributed by atoms with Gasteiger partial charge in [0.05, 0.1) is 0 Å². The van der Waals surface area contributed by atoms with Gasteiger partial charge in [-0.15, -0.1) is 11.3 Å². The highest BCUT2D eigenvalue weighted by Crippen LogP contribution is 2.26. The highest BCUT2D eigenvalue weighted by molar-refractivity contribution is 9.13. The molecule has 0 radical (unpaired) electrons. The Labute approximate surface area is 126 Å². The fraction of sp³-hybridized carbons (Fsp3) is 0. The maximum atomic E-state index is 11.7. The van der Waals surface area contributed by atoms with E-state index in [1.54, 1.807) is 17.4 Å². The molecule has 0 aliphatic rings. The number of anilines is 1. The highest BCUT2D eigenvalue weighted by Gasteiger charge is 2.01. The zero-order chi connectivity index (χ0) is 13.0. The monoisotopic (exact) mass is 385 g/mol. The fourth-order valence-corrected chi connectivity index (χ4v) is 2.55. The minimum Gasteiger partial charge on any atom is -0.322 e. The third-order valence-electron chi connectivity index (χ3n) is 2.13. The van der Waals surface area contributed by atoms with Crippen molar-refractivity contribution < 1.29 is 4.79 Å². The van der Waals surface area contributed by atoms with Crippen LogP contribution in [0.2, 0.25) is 0 Å². The number of hydrogen-bond acceptors (Lipinski definition) is 2. The van der Waals surface area contributed by atoms with Crippen LogP contribution >= 0.6 is 43.2 Å². The molecule has 0 aliphatic heterocycles. The van der Waals surface area contributed by atoms with Crippen LogP contribution in [0.1, 0.15) is 4.88 Å². The van der Waals surface area contributed by atoms with Crippen LogP contribution in [-0.4, -0.2) is 5.91 Å². The van der Waals surface area contributed by atoms with Gasteiger partial charge in [-0.3, -0.25) is 4.79 Å². The lowest BCUT2D eigenvalue weighted by Gasteiger charge is -2.03. The maximum Gasteiger partial charge on any atom is 0.248 e. The second-order valence-corrected chi connectivity index (χ2v) is 6.15. The lowest BCUT2D eigenvalue weighted by molar-refractivity contribution is -0.111. The van der Waals surface area contributed by atoms with Crippen LogP contribution in [0.5, 0.6) is 0 Å². The van der Waals surface area contributed by atoms with E-state index in [1.807, 2.05) is 35.7 Å². The zero-order valence-corrected chi connectivity index (χ0v) is 13.2. The van der Waals surface area contributed by atoms with Crippen molar-refractivity contribution >= 4 is 60.9 Å². The Morgan fingerprint density at radius 3 is 2.72 bits per heavy atom. The van der Waals surface area contributed by atoms with E-state index in [-0.39, 0.29) is 5.91 Å². The smallest absolute Gasteiger partial charge is 0.248 e. The second kappa shape index (κ2) is 6.31. The van der Waals surface area contributed by atoms with E-state index < -0.39 is 0 Å². The van der Waals surface area contributed by atoms with Gasteiger partial charge < -0.3 is 5.32 Å². The number of carbonyl (C=O) groups is 1. The number of thiophene rings is 1. The van der Waals surface area contributed by atoms with Crippen LogP contribution in [0.25, 0.3) is 6.08 Å². The molecule has 1 N–H and O–H groups in total. The summed E-state index contributed by atoms with van der Waals surface area (Å²) in [5, 5.41) is 4.78. The van der Waals surface area contributed by atoms with Crippen molar-refractivity contribution in [2.75, 3.05) is 5.32 Å². The van der Waals surface area contributed by atoms with Crippen molar-refractivity contribution in [3.63, 3.8) is 0 Å². The van der Waals surface area contributed by atoms with Gasteiger partial charge in [-0.1, -0.05) is 6.07 Å². The fourth-order valence-electron chi connectivity index (χ4n) is 1.30. The SMILES string of the molecule is O=C(C=Cc1cccs1)Nc1ccc(Br)c(Br)c1. The van der Waals surface area contributed by atoms with Crippen molar-refractivity contribution in [1.82, 2.24) is 0 Å². The van der Waals surface area contributed by atoms with Gasteiger partial charge in [0, 0.05) is 25.6 Å². The number of carbonyl (C=O) groups excluding carboxylic acids is 1. The molecule has 0 aliphatic carbocycles. The van der Waals surface area contributed by atoms with Crippen molar-refractivity contribution in [3.8, 4) is 0 Å². The highest BCUT2D eigenvalue weighted by atomic mass is 79.9. The zero-order valence-electron chi connectivity index (χ0n) is 9.19. The molecule has 0 fully saturated rings. The first-order valence-corrected chi connectivity index (χ1v) is 7.59. The summed E-state index contributed by atoms with van der Waals surface area (Å²) in [6, 6.07) is 9.48. The second-order valence-electron chi connectivity index (χ2n) is 3.47. The van der Waals surface area contributed by atoms with Crippen molar-refractivity contribution in [2.45, 2.75) is 0 Å². The normalized spacial score (nSPS) is 10.8. The van der Waals surface area contributed by atoms with Crippen molar-refractivity contribution in [3.05, 3.63) is 55.6 Å². The molecule has 0 unspecified atom stereocenters. The van der Waals surface area contributed by atoms with E-state index in [2.05, 4.69) is 37.2 Å². The first-order valence-electron chi connectivity index (χ1n) is 5.13. The molecule has 0 bridgehead atoms. The van der Waals surface area contributed by atoms with Crippen molar-refractivity contribution in [1.29, 1.82) is 0 Å². The van der Waals surface area contributed by atoms with Crippen molar-refractivity contribution in [2.24, 2.45) is 0 Å². The number of amides is 1. The van der Waals surface area contributed by atoms with Gasteiger partial charge in [-0.05, 0) is 67.6 Å².